The monoisotopic (exact) mass is 503 g/mol. The SMILES string of the molecule is CN=C(NCCCN(C)c1ccccc1)NCC(C(C)C)N1CCOCC1.I. The molecule has 0 amide bonds. The lowest BCUT2D eigenvalue weighted by Crippen LogP contribution is -2.52. The second kappa shape index (κ2) is 14.0. The van der Waals surface area contributed by atoms with Crippen LogP contribution in [0.1, 0.15) is 20.3 Å². The summed E-state index contributed by atoms with van der Waals surface area (Å²) < 4.78 is 5.49. The lowest BCUT2D eigenvalue weighted by molar-refractivity contribution is 0.00752. The number of guanidine groups is 1. The van der Waals surface area contributed by atoms with E-state index in [1.165, 1.54) is 5.69 Å². The molecule has 0 radical (unpaired) electrons. The molecule has 1 aromatic rings. The van der Waals surface area contributed by atoms with Gasteiger partial charge < -0.3 is 20.3 Å². The molecule has 0 saturated carbocycles. The topological polar surface area (TPSA) is 52.1 Å². The van der Waals surface area contributed by atoms with E-state index in [9.17, 15) is 0 Å². The molecule has 1 atom stereocenters. The summed E-state index contributed by atoms with van der Waals surface area (Å²) in [6, 6.07) is 11.0. The molecule has 2 N–H and O–H groups in total. The quantitative estimate of drug-likeness (QED) is 0.235. The number of morpholine rings is 1. The first-order valence-electron chi connectivity index (χ1n) is 10.1. The van der Waals surface area contributed by atoms with Crippen LogP contribution in [-0.4, -0.2) is 76.9 Å². The van der Waals surface area contributed by atoms with Crippen LogP contribution in [0.15, 0.2) is 35.3 Å². The summed E-state index contributed by atoms with van der Waals surface area (Å²) in [6.45, 7) is 11.1. The number of anilines is 1. The zero-order chi connectivity index (χ0) is 19.5. The van der Waals surface area contributed by atoms with Gasteiger partial charge in [0.2, 0.25) is 0 Å². The molecule has 7 heteroatoms. The number of nitrogens with one attached hydrogen (secondary N) is 2. The summed E-state index contributed by atoms with van der Waals surface area (Å²) in [6.07, 6.45) is 1.06. The van der Waals surface area contributed by atoms with Gasteiger partial charge in [-0.25, -0.2) is 0 Å². The third-order valence-electron chi connectivity index (χ3n) is 5.15. The standard InChI is InChI=1S/C21H37N5O.HI/c1-18(2)20(26-13-15-27-16-14-26)17-24-21(22-3)23-11-8-12-25(4)19-9-6-5-7-10-19;/h5-7,9-10,18,20H,8,11-17H2,1-4H3,(H2,22,23,24);1H. The maximum Gasteiger partial charge on any atom is 0.191 e. The first kappa shape index (κ1) is 25.0. The molecule has 1 unspecified atom stereocenters. The Morgan fingerprint density at radius 1 is 1.18 bits per heavy atom. The van der Waals surface area contributed by atoms with Gasteiger partial charge in [0.1, 0.15) is 0 Å². The van der Waals surface area contributed by atoms with Gasteiger partial charge in [0.15, 0.2) is 5.96 Å². The molecule has 1 aliphatic rings. The van der Waals surface area contributed by atoms with E-state index in [-0.39, 0.29) is 24.0 Å². The van der Waals surface area contributed by atoms with Crippen molar-refractivity contribution in [3.63, 3.8) is 0 Å². The van der Waals surface area contributed by atoms with Gasteiger partial charge in [-0.05, 0) is 24.5 Å². The van der Waals surface area contributed by atoms with Gasteiger partial charge in [0.25, 0.3) is 0 Å². The molecule has 6 nitrogen and oxygen atoms in total. The molecule has 0 aromatic heterocycles. The fourth-order valence-corrected chi connectivity index (χ4v) is 3.45. The predicted molar refractivity (Wildman–Crippen MR) is 130 cm³/mol. The molecule has 1 heterocycles. The van der Waals surface area contributed by atoms with Gasteiger partial charge >= 0.3 is 0 Å². The number of aliphatic imine (C=N–C) groups is 1. The molecule has 2 rings (SSSR count). The Bertz CT molecular complexity index is 549. The summed E-state index contributed by atoms with van der Waals surface area (Å²) in [5.41, 5.74) is 1.25. The van der Waals surface area contributed by atoms with Crippen LogP contribution in [-0.2, 0) is 4.74 Å². The molecular formula is C21H38IN5O. The van der Waals surface area contributed by atoms with Crippen LogP contribution in [0.3, 0.4) is 0 Å². The van der Waals surface area contributed by atoms with E-state index in [4.69, 9.17) is 4.74 Å². The minimum absolute atomic E-state index is 0. The van der Waals surface area contributed by atoms with Crippen molar-refractivity contribution in [2.45, 2.75) is 26.3 Å². The first-order valence-corrected chi connectivity index (χ1v) is 10.1. The summed E-state index contributed by atoms with van der Waals surface area (Å²) in [5.74, 6) is 1.48. The van der Waals surface area contributed by atoms with Crippen LogP contribution in [0.25, 0.3) is 0 Å². The molecule has 0 aliphatic carbocycles. The zero-order valence-corrected chi connectivity index (χ0v) is 20.2. The van der Waals surface area contributed by atoms with Crippen molar-refractivity contribution < 1.29 is 4.74 Å². The molecule has 160 valence electrons. The van der Waals surface area contributed by atoms with Crippen LogP contribution in [0.4, 0.5) is 5.69 Å². The normalized spacial score (nSPS) is 16.4. The Morgan fingerprint density at radius 3 is 2.46 bits per heavy atom. The van der Waals surface area contributed by atoms with E-state index < -0.39 is 0 Å². The highest BCUT2D eigenvalue weighted by Crippen LogP contribution is 2.12. The predicted octanol–water partition coefficient (Wildman–Crippen LogP) is 2.65. The van der Waals surface area contributed by atoms with E-state index >= 15 is 0 Å². The van der Waals surface area contributed by atoms with Gasteiger partial charge in [-0.15, -0.1) is 24.0 Å². The van der Waals surface area contributed by atoms with Gasteiger partial charge in [-0.2, -0.15) is 0 Å². The highest BCUT2D eigenvalue weighted by Gasteiger charge is 2.23. The van der Waals surface area contributed by atoms with Crippen molar-refractivity contribution in [1.29, 1.82) is 0 Å². The number of hydrogen-bond acceptors (Lipinski definition) is 4. The van der Waals surface area contributed by atoms with Crippen molar-refractivity contribution in [2.75, 3.05) is 64.9 Å². The fourth-order valence-electron chi connectivity index (χ4n) is 3.45. The summed E-state index contributed by atoms with van der Waals surface area (Å²) in [4.78, 5) is 9.19. The number of nitrogens with zero attached hydrogens (tertiary/aromatic N) is 3. The van der Waals surface area contributed by atoms with E-state index in [2.05, 4.69) is 76.7 Å². The second-order valence-electron chi connectivity index (χ2n) is 7.45. The average molecular weight is 503 g/mol. The number of ether oxygens (including phenoxy) is 1. The number of halogens is 1. The second-order valence-corrected chi connectivity index (χ2v) is 7.45. The van der Waals surface area contributed by atoms with E-state index in [1.54, 1.807) is 0 Å². The maximum atomic E-state index is 5.49. The molecule has 1 aliphatic heterocycles. The smallest absolute Gasteiger partial charge is 0.191 e. The Morgan fingerprint density at radius 2 is 1.86 bits per heavy atom. The number of para-hydroxylation sites is 1. The largest absolute Gasteiger partial charge is 0.379 e. The van der Waals surface area contributed by atoms with Crippen molar-refractivity contribution in [1.82, 2.24) is 15.5 Å². The van der Waals surface area contributed by atoms with Crippen LogP contribution in [0, 0.1) is 5.92 Å². The van der Waals surface area contributed by atoms with E-state index in [0.717, 1.165) is 58.3 Å². The molecule has 1 saturated heterocycles. The van der Waals surface area contributed by atoms with E-state index in [1.807, 2.05) is 7.05 Å². The van der Waals surface area contributed by atoms with Crippen molar-refractivity contribution in [2.24, 2.45) is 10.9 Å². The summed E-state index contributed by atoms with van der Waals surface area (Å²) >= 11 is 0. The molecule has 0 spiro atoms. The van der Waals surface area contributed by atoms with Gasteiger partial charge in [0, 0.05) is 58.5 Å². The van der Waals surface area contributed by atoms with Gasteiger partial charge in [-0.3, -0.25) is 9.89 Å². The Balaban J connectivity index is 0.00000392. The Labute approximate surface area is 188 Å². The minimum atomic E-state index is 0. The highest BCUT2D eigenvalue weighted by atomic mass is 127. The number of benzene rings is 1. The Hall–Kier alpha value is -1.06. The van der Waals surface area contributed by atoms with Crippen LogP contribution >= 0.6 is 24.0 Å². The molecule has 1 aromatic carbocycles. The lowest BCUT2D eigenvalue weighted by Gasteiger charge is -2.37. The number of hydrogen-bond donors (Lipinski definition) is 2. The molecule has 1 fully saturated rings. The highest BCUT2D eigenvalue weighted by molar-refractivity contribution is 14.0. The third kappa shape index (κ3) is 8.53. The van der Waals surface area contributed by atoms with Crippen LogP contribution in [0.5, 0.6) is 0 Å². The first-order chi connectivity index (χ1) is 13.1. The minimum Gasteiger partial charge on any atom is -0.379 e. The third-order valence-corrected chi connectivity index (χ3v) is 5.15. The number of rotatable bonds is 9. The van der Waals surface area contributed by atoms with Crippen molar-refractivity contribution in [3.05, 3.63) is 30.3 Å². The van der Waals surface area contributed by atoms with Crippen molar-refractivity contribution in [3.8, 4) is 0 Å². The van der Waals surface area contributed by atoms with Crippen molar-refractivity contribution >= 4 is 35.6 Å². The summed E-state index contributed by atoms with van der Waals surface area (Å²) in [5, 5.41) is 6.95. The zero-order valence-electron chi connectivity index (χ0n) is 17.9. The molecule has 0 bridgehead atoms. The van der Waals surface area contributed by atoms with Gasteiger partial charge in [0.05, 0.1) is 13.2 Å². The molecular weight excluding hydrogens is 465 g/mol. The van der Waals surface area contributed by atoms with E-state index in [0.29, 0.717) is 12.0 Å². The fraction of sp³-hybridized carbons (Fsp3) is 0.667. The maximum absolute atomic E-state index is 5.49. The summed E-state index contributed by atoms with van der Waals surface area (Å²) in [7, 11) is 3.97. The lowest BCUT2D eigenvalue weighted by atomic mass is 10.0. The Kier molecular flexibility index (Phi) is 12.5. The molecule has 28 heavy (non-hydrogen) atoms. The van der Waals surface area contributed by atoms with Crippen LogP contribution in [0.2, 0.25) is 0 Å². The average Bonchev–Trinajstić information content (AvgIpc) is 2.70. The van der Waals surface area contributed by atoms with Gasteiger partial charge in [-0.1, -0.05) is 32.0 Å². The van der Waals surface area contributed by atoms with Crippen LogP contribution < -0.4 is 15.5 Å².